The number of sulfonamides is 1. The lowest BCUT2D eigenvalue weighted by Gasteiger charge is -2.25. The summed E-state index contributed by atoms with van der Waals surface area (Å²) in [6.07, 6.45) is 3.16. The first-order chi connectivity index (χ1) is 13.4. The molecule has 2 aromatic carbocycles. The number of hydrogen-bond acceptors (Lipinski definition) is 3. The average molecular weight is 465 g/mol. The van der Waals surface area contributed by atoms with Crippen LogP contribution in [0.3, 0.4) is 0 Å². The number of rotatable bonds is 6. The molecule has 1 saturated heterocycles. The molecule has 0 bridgehead atoms. The second-order valence-electron chi connectivity index (χ2n) is 7.16. The van der Waals surface area contributed by atoms with Gasteiger partial charge >= 0.3 is 0 Å². The summed E-state index contributed by atoms with van der Waals surface area (Å²) in [5.74, 6) is -0.00504. The zero-order chi connectivity index (χ0) is 20.1. The molecule has 5 nitrogen and oxygen atoms in total. The van der Waals surface area contributed by atoms with E-state index in [4.69, 9.17) is 0 Å². The number of benzene rings is 2. The summed E-state index contributed by atoms with van der Waals surface area (Å²) in [7, 11) is -1.66. The number of hydrogen-bond donors (Lipinski definition) is 0. The highest BCUT2D eigenvalue weighted by molar-refractivity contribution is 9.10. The van der Waals surface area contributed by atoms with Crippen molar-refractivity contribution >= 4 is 31.9 Å². The topological polar surface area (TPSA) is 57.7 Å². The molecule has 0 saturated carbocycles. The summed E-state index contributed by atoms with van der Waals surface area (Å²) in [4.78, 5) is 14.5. The minimum Gasteiger partial charge on any atom is -0.341 e. The smallest absolute Gasteiger partial charge is 0.243 e. The van der Waals surface area contributed by atoms with E-state index in [9.17, 15) is 13.2 Å². The minimum absolute atomic E-state index is 0.00504. The summed E-state index contributed by atoms with van der Waals surface area (Å²) in [6.45, 7) is 1.71. The molecule has 7 heteroatoms. The first-order valence-electron chi connectivity index (χ1n) is 9.44. The molecular weight excluding hydrogens is 440 g/mol. The van der Waals surface area contributed by atoms with Gasteiger partial charge < -0.3 is 4.90 Å². The molecule has 1 aliphatic heterocycles. The highest BCUT2D eigenvalue weighted by atomic mass is 79.9. The third-order valence-corrected chi connectivity index (χ3v) is 7.43. The fraction of sp³-hybridized carbons (Fsp3) is 0.381. The number of halogens is 1. The van der Waals surface area contributed by atoms with Crippen molar-refractivity contribution in [1.29, 1.82) is 0 Å². The number of likely N-dealkylation sites (N-methyl/N-ethyl adjacent to an activating group) is 1. The van der Waals surface area contributed by atoms with Crippen LogP contribution in [0, 0.1) is 0 Å². The molecule has 1 heterocycles. The summed E-state index contributed by atoms with van der Waals surface area (Å²) in [6, 6.07) is 14.6. The molecule has 1 aliphatic rings. The van der Waals surface area contributed by atoms with Crippen molar-refractivity contribution in [3.8, 4) is 0 Å². The van der Waals surface area contributed by atoms with Crippen molar-refractivity contribution in [1.82, 2.24) is 9.21 Å². The number of amides is 1. The Morgan fingerprint density at radius 2 is 1.54 bits per heavy atom. The summed E-state index contributed by atoms with van der Waals surface area (Å²) in [5.41, 5.74) is 1.87. The van der Waals surface area contributed by atoms with E-state index < -0.39 is 10.0 Å². The van der Waals surface area contributed by atoms with E-state index in [1.54, 1.807) is 40.5 Å². The van der Waals surface area contributed by atoms with Gasteiger partial charge in [-0.25, -0.2) is 8.42 Å². The van der Waals surface area contributed by atoms with Crippen LogP contribution in [0.25, 0.3) is 0 Å². The van der Waals surface area contributed by atoms with Gasteiger partial charge in [-0.1, -0.05) is 46.6 Å². The van der Waals surface area contributed by atoms with E-state index in [-0.39, 0.29) is 12.3 Å². The monoisotopic (exact) mass is 464 g/mol. The fourth-order valence-electron chi connectivity index (χ4n) is 3.30. The van der Waals surface area contributed by atoms with E-state index in [0.29, 0.717) is 24.5 Å². The van der Waals surface area contributed by atoms with Gasteiger partial charge in [-0.05, 0) is 48.2 Å². The van der Waals surface area contributed by atoms with Crippen LogP contribution < -0.4 is 0 Å². The summed E-state index contributed by atoms with van der Waals surface area (Å²) < 4.78 is 28.0. The van der Waals surface area contributed by atoms with E-state index >= 15 is 0 Å². The Bertz CT molecular complexity index is 906. The van der Waals surface area contributed by atoms with Gasteiger partial charge in [-0.15, -0.1) is 0 Å². The van der Waals surface area contributed by atoms with Crippen LogP contribution in [0.2, 0.25) is 0 Å². The van der Waals surface area contributed by atoms with Gasteiger partial charge in [0.25, 0.3) is 0 Å². The van der Waals surface area contributed by atoms with Crippen molar-refractivity contribution in [2.75, 3.05) is 20.1 Å². The fourth-order valence-corrected chi connectivity index (χ4v) is 5.08. The number of piperidine rings is 1. The Kier molecular flexibility index (Phi) is 6.91. The third kappa shape index (κ3) is 5.21. The SMILES string of the molecule is CN(Cc1ccc(Br)cc1)C(=O)Cc1ccc(S(=O)(=O)N2CCCCC2)cc1. The molecule has 0 atom stereocenters. The summed E-state index contributed by atoms with van der Waals surface area (Å²) >= 11 is 3.40. The normalized spacial score (nSPS) is 15.4. The molecule has 0 aliphatic carbocycles. The lowest BCUT2D eigenvalue weighted by atomic mass is 10.1. The molecule has 1 amide bonds. The van der Waals surface area contributed by atoms with Crippen molar-refractivity contribution in [3.63, 3.8) is 0 Å². The zero-order valence-corrected chi connectivity index (χ0v) is 18.4. The maximum absolute atomic E-state index is 12.7. The van der Waals surface area contributed by atoms with Crippen LogP contribution in [0.5, 0.6) is 0 Å². The maximum atomic E-state index is 12.7. The standard InChI is InChI=1S/C21H25BrN2O3S/c1-23(16-18-5-9-19(22)10-6-18)21(25)15-17-7-11-20(12-8-17)28(26,27)24-13-3-2-4-14-24/h5-12H,2-4,13-16H2,1H3. The van der Waals surface area contributed by atoms with Crippen molar-refractivity contribution in [2.45, 2.75) is 37.1 Å². The van der Waals surface area contributed by atoms with Crippen LogP contribution in [0.4, 0.5) is 0 Å². The molecule has 2 aromatic rings. The van der Waals surface area contributed by atoms with Crippen molar-refractivity contribution in [3.05, 3.63) is 64.1 Å². The maximum Gasteiger partial charge on any atom is 0.243 e. The first-order valence-corrected chi connectivity index (χ1v) is 11.7. The number of carbonyl (C=O) groups is 1. The van der Waals surface area contributed by atoms with Gasteiger partial charge in [-0.2, -0.15) is 4.31 Å². The first kappa shape index (κ1) is 21.0. The lowest BCUT2D eigenvalue weighted by Crippen LogP contribution is -2.35. The van der Waals surface area contributed by atoms with E-state index in [1.807, 2.05) is 24.3 Å². The Hall–Kier alpha value is -1.70. The Labute approximate surface area is 175 Å². The van der Waals surface area contributed by atoms with Crippen molar-refractivity contribution < 1.29 is 13.2 Å². The zero-order valence-electron chi connectivity index (χ0n) is 16.0. The molecule has 0 aromatic heterocycles. The second-order valence-corrected chi connectivity index (χ2v) is 10.0. The Morgan fingerprint density at radius 1 is 0.964 bits per heavy atom. The van der Waals surface area contributed by atoms with Gasteiger partial charge in [0.2, 0.25) is 15.9 Å². The average Bonchev–Trinajstić information content (AvgIpc) is 2.70. The van der Waals surface area contributed by atoms with E-state index in [1.165, 1.54) is 0 Å². The van der Waals surface area contributed by atoms with Crippen LogP contribution in [-0.2, 0) is 27.8 Å². The minimum atomic E-state index is -3.43. The predicted octanol–water partition coefficient (Wildman–Crippen LogP) is 3.82. The number of carbonyl (C=O) groups excluding carboxylic acids is 1. The molecular formula is C21H25BrN2O3S. The highest BCUT2D eigenvalue weighted by Crippen LogP contribution is 2.21. The molecule has 150 valence electrons. The third-order valence-electron chi connectivity index (χ3n) is 4.99. The quantitative estimate of drug-likeness (QED) is 0.652. The van der Waals surface area contributed by atoms with Crippen LogP contribution in [0.15, 0.2) is 57.9 Å². The van der Waals surface area contributed by atoms with Crippen LogP contribution in [-0.4, -0.2) is 43.7 Å². The molecule has 28 heavy (non-hydrogen) atoms. The van der Waals surface area contributed by atoms with Gasteiger partial charge in [0.15, 0.2) is 0 Å². The molecule has 0 N–H and O–H groups in total. The Morgan fingerprint density at radius 3 is 2.14 bits per heavy atom. The van der Waals surface area contributed by atoms with Gasteiger partial charge in [0, 0.05) is 31.2 Å². The van der Waals surface area contributed by atoms with Gasteiger partial charge in [-0.3, -0.25) is 4.79 Å². The summed E-state index contributed by atoms with van der Waals surface area (Å²) in [5, 5.41) is 0. The van der Waals surface area contributed by atoms with Crippen LogP contribution >= 0.6 is 15.9 Å². The van der Waals surface area contributed by atoms with Gasteiger partial charge in [0.05, 0.1) is 11.3 Å². The molecule has 0 spiro atoms. The van der Waals surface area contributed by atoms with Crippen LogP contribution in [0.1, 0.15) is 30.4 Å². The van der Waals surface area contributed by atoms with Gasteiger partial charge in [0.1, 0.15) is 0 Å². The van der Waals surface area contributed by atoms with E-state index in [0.717, 1.165) is 34.9 Å². The molecule has 1 fully saturated rings. The highest BCUT2D eigenvalue weighted by Gasteiger charge is 2.25. The molecule has 3 rings (SSSR count). The number of nitrogens with zero attached hydrogens (tertiary/aromatic N) is 2. The molecule has 0 unspecified atom stereocenters. The van der Waals surface area contributed by atoms with E-state index in [2.05, 4.69) is 15.9 Å². The Balaban J connectivity index is 1.61. The largest absolute Gasteiger partial charge is 0.341 e. The lowest BCUT2D eigenvalue weighted by molar-refractivity contribution is -0.129. The molecule has 0 radical (unpaired) electrons. The predicted molar refractivity (Wildman–Crippen MR) is 113 cm³/mol. The van der Waals surface area contributed by atoms with Crippen molar-refractivity contribution in [2.24, 2.45) is 0 Å². The second kappa shape index (κ2) is 9.20.